The van der Waals surface area contributed by atoms with E-state index in [1.165, 1.54) is 0 Å². The van der Waals surface area contributed by atoms with E-state index in [0.717, 1.165) is 34.5 Å². The number of carbonyl (C=O) groups excluding carboxylic acids is 1. The summed E-state index contributed by atoms with van der Waals surface area (Å²) in [5.41, 5.74) is 4.41. The molecule has 6 nitrogen and oxygen atoms in total. The summed E-state index contributed by atoms with van der Waals surface area (Å²) >= 11 is 0. The molecule has 2 N–H and O–H groups in total. The smallest absolute Gasteiger partial charge is 0.274 e. The first-order valence-corrected chi connectivity index (χ1v) is 9.13. The highest BCUT2D eigenvalue weighted by atomic mass is 16.5. The standard InChI is InChI=1S/C22H24N4O2/c1-15-7-8-19(16(2)13-15)25-21(27)20-10-12-24-22(26-20)23-11-9-17-5-4-6-18(14-17)28-3/h4-8,10,12-14H,9,11H2,1-3H3,(H,25,27)(H,23,24,26). The highest BCUT2D eigenvalue weighted by Crippen LogP contribution is 2.17. The Labute approximate surface area is 165 Å². The van der Waals surface area contributed by atoms with Crippen LogP contribution in [0.5, 0.6) is 5.75 Å². The Morgan fingerprint density at radius 2 is 1.96 bits per heavy atom. The fraction of sp³-hybridized carbons (Fsp3) is 0.227. The Kier molecular flexibility index (Phi) is 6.22. The molecule has 144 valence electrons. The van der Waals surface area contributed by atoms with Crippen molar-refractivity contribution in [3.63, 3.8) is 0 Å². The van der Waals surface area contributed by atoms with Gasteiger partial charge >= 0.3 is 0 Å². The number of rotatable bonds is 7. The van der Waals surface area contributed by atoms with Gasteiger partial charge in [-0.05, 0) is 55.7 Å². The fourth-order valence-corrected chi connectivity index (χ4v) is 2.86. The molecule has 0 radical (unpaired) electrons. The first-order valence-electron chi connectivity index (χ1n) is 9.13. The predicted molar refractivity (Wildman–Crippen MR) is 111 cm³/mol. The number of amides is 1. The second-order valence-electron chi connectivity index (χ2n) is 6.57. The van der Waals surface area contributed by atoms with Gasteiger partial charge in [-0.1, -0.05) is 29.8 Å². The van der Waals surface area contributed by atoms with Gasteiger partial charge in [-0.25, -0.2) is 9.97 Å². The van der Waals surface area contributed by atoms with E-state index in [-0.39, 0.29) is 5.91 Å². The molecule has 2 aromatic carbocycles. The van der Waals surface area contributed by atoms with Crippen LogP contribution in [0.2, 0.25) is 0 Å². The minimum absolute atomic E-state index is 0.259. The van der Waals surface area contributed by atoms with Crippen molar-refractivity contribution in [2.75, 3.05) is 24.3 Å². The molecule has 1 amide bonds. The minimum atomic E-state index is -0.259. The van der Waals surface area contributed by atoms with E-state index >= 15 is 0 Å². The van der Waals surface area contributed by atoms with Crippen LogP contribution in [0.15, 0.2) is 54.7 Å². The molecule has 1 heterocycles. The second kappa shape index (κ2) is 8.99. The molecular weight excluding hydrogens is 352 g/mol. The number of methoxy groups -OCH3 is 1. The number of aryl methyl sites for hydroxylation is 2. The van der Waals surface area contributed by atoms with Crippen LogP contribution in [-0.2, 0) is 6.42 Å². The Morgan fingerprint density at radius 3 is 2.75 bits per heavy atom. The highest BCUT2D eigenvalue weighted by Gasteiger charge is 2.10. The molecule has 28 heavy (non-hydrogen) atoms. The molecule has 0 unspecified atom stereocenters. The van der Waals surface area contributed by atoms with Crippen LogP contribution >= 0.6 is 0 Å². The second-order valence-corrected chi connectivity index (χ2v) is 6.57. The van der Waals surface area contributed by atoms with E-state index in [4.69, 9.17) is 4.74 Å². The lowest BCUT2D eigenvalue weighted by molar-refractivity contribution is 0.102. The van der Waals surface area contributed by atoms with Crippen LogP contribution in [0.1, 0.15) is 27.2 Å². The average Bonchev–Trinajstić information content (AvgIpc) is 2.70. The molecule has 0 spiro atoms. The largest absolute Gasteiger partial charge is 0.497 e. The number of benzene rings is 2. The Hall–Kier alpha value is -3.41. The van der Waals surface area contributed by atoms with E-state index < -0.39 is 0 Å². The number of nitrogens with one attached hydrogen (secondary N) is 2. The predicted octanol–water partition coefficient (Wildman–Crippen LogP) is 4.01. The summed E-state index contributed by atoms with van der Waals surface area (Å²) in [6, 6.07) is 15.4. The molecule has 1 aromatic heterocycles. The van der Waals surface area contributed by atoms with Crippen molar-refractivity contribution in [1.29, 1.82) is 0 Å². The van der Waals surface area contributed by atoms with Crippen molar-refractivity contribution in [2.24, 2.45) is 0 Å². The van der Waals surface area contributed by atoms with E-state index in [1.54, 1.807) is 19.4 Å². The Bertz CT molecular complexity index is 972. The van der Waals surface area contributed by atoms with Crippen LogP contribution in [0.3, 0.4) is 0 Å². The summed E-state index contributed by atoms with van der Waals surface area (Å²) in [5, 5.41) is 6.07. The maximum absolute atomic E-state index is 12.5. The quantitative estimate of drug-likeness (QED) is 0.652. The van der Waals surface area contributed by atoms with Gasteiger partial charge in [0.1, 0.15) is 11.4 Å². The van der Waals surface area contributed by atoms with Crippen molar-refractivity contribution >= 4 is 17.5 Å². The molecule has 0 saturated carbocycles. The van der Waals surface area contributed by atoms with Gasteiger partial charge in [-0.2, -0.15) is 0 Å². The molecule has 0 saturated heterocycles. The maximum atomic E-state index is 12.5. The van der Waals surface area contributed by atoms with Gasteiger partial charge < -0.3 is 15.4 Å². The van der Waals surface area contributed by atoms with Gasteiger partial charge in [-0.3, -0.25) is 4.79 Å². The summed E-state index contributed by atoms with van der Waals surface area (Å²) in [4.78, 5) is 21.0. The topological polar surface area (TPSA) is 76.1 Å². The van der Waals surface area contributed by atoms with Gasteiger partial charge in [-0.15, -0.1) is 0 Å². The maximum Gasteiger partial charge on any atom is 0.274 e. The number of anilines is 2. The zero-order valence-corrected chi connectivity index (χ0v) is 16.3. The van der Waals surface area contributed by atoms with Crippen LogP contribution in [0, 0.1) is 13.8 Å². The SMILES string of the molecule is COc1cccc(CCNc2nccc(C(=O)Nc3ccc(C)cc3C)n2)c1. The van der Waals surface area contributed by atoms with Crippen LogP contribution in [-0.4, -0.2) is 29.5 Å². The average molecular weight is 376 g/mol. The molecular formula is C22H24N4O2. The fourth-order valence-electron chi connectivity index (χ4n) is 2.86. The summed E-state index contributed by atoms with van der Waals surface area (Å²) < 4.78 is 5.24. The third-order valence-electron chi connectivity index (χ3n) is 4.35. The lowest BCUT2D eigenvalue weighted by Gasteiger charge is -2.10. The van der Waals surface area contributed by atoms with E-state index in [9.17, 15) is 4.79 Å². The first-order chi connectivity index (χ1) is 13.5. The van der Waals surface area contributed by atoms with Crippen molar-refractivity contribution in [2.45, 2.75) is 20.3 Å². The molecule has 0 atom stereocenters. The zero-order chi connectivity index (χ0) is 19.9. The lowest BCUT2D eigenvalue weighted by Crippen LogP contribution is -2.16. The van der Waals surface area contributed by atoms with Crippen LogP contribution < -0.4 is 15.4 Å². The molecule has 0 fully saturated rings. The normalized spacial score (nSPS) is 10.4. The Balaban J connectivity index is 1.60. The van der Waals surface area contributed by atoms with Gasteiger partial charge in [0, 0.05) is 18.4 Å². The Morgan fingerprint density at radius 1 is 1.11 bits per heavy atom. The molecule has 3 aromatic rings. The van der Waals surface area contributed by atoms with Gasteiger partial charge in [0.2, 0.25) is 5.95 Å². The number of ether oxygens (including phenoxy) is 1. The van der Waals surface area contributed by atoms with Crippen molar-refractivity contribution in [3.8, 4) is 5.75 Å². The molecule has 3 rings (SSSR count). The zero-order valence-electron chi connectivity index (χ0n) is 16.3. The number of hydrogen-bond acceptors (Lipinski definition) is 5. The van der Waals surface area contributed by atoms with Gasteiger partial charge in [0.25, 0.3) is 5.91 Å². The highest BCUT2D eigenvalue weighted by molar-refractivity contribution is 6.03. The van der Waals surface area contributed by atoms with E-state index in [1.807, 2.05) is 56.3 Å². The lowest BCUT2D eigenvalue weighted by atomic mass is 10.1. The molecule has 0 aliphatic heterocycles. The minimum Gasteiger partial charge on any atom is -0.497 e. The van der Waals surface area contributed by atoms with Crippen molar-refractivity contribution in [1.82, 2.24) is 9.97 Å². The van der Waals surface area contributed by atoms with Crippen molar-refractivity contribution in [3.05, 3.63) is 77.1 Å². The number of carbonyl (C=O) groups is 1. The first kappa shape index (κ1) is 19.4. The number of aromatic nitrogens is 2. The molecule has 6 heteroatoms. The monoisotopic (exact) mass is 376 g/mol. The summed E-state index contributed by atoms with van der Waals surface area (Å²) in [7, 11) is 1.65. The molecule has 0 bridgehead atoms. The van der Waals surface area contributed by atoms with Crippen molar-refractivity contribution < 1.29 is 9.53 Å². The number of nitrogens with zero attached hydrogens (tertiary/aromatic N) is 2. The molecule has 0 aliphatic rings. The molecule has 0 aliphatic carbocycles. The van der Waals surface area contributed by atoms with Crippen LogP contribution in [0.25, 0.3) is 0 Å². The van der Waals surface area contributed by atoms with Gasteiger partial charge in [0.05, 0.1) is 7.11 Å². The van der Waals surface area contributed by atoms with E-state index in [0.29, 0.717) is 18.2 Å². The summed E-state index contributed by atoms with van der Waals surface area (Å²) in [6.07, 6.45) is 2.37. The van der Waals surface area contributed by atoms with E-state index in [2.05, 4.69) is 20.6 Å². The van der Waals surface area contributed by atoms with Gasteiger partial charge in [0.15, 0.2) is 0 Å². The third-order valence-corrected chi connectivity index (χ3v) is 4.35. The summed E-state index contributed by atoms with van der Waals surface area (Å²) in [5.74, 6) is 1.00. The van der Waals surface area contributed by atoms with Crippen LogP contribution in [0.4, 0.5) is 11.6 Å². The summed E-state index contributed by atoms with van der Waals surface area (Å²) in [6.45, 7) is 4.63. The third kappa shape index (κ3) is 5.07. The number of hydrogen-bond donors (Lipinski definition) is 2.